The van der Waals surface area contributed by atoms with Crippen molar-refractivity contribution in [2.75, 3.05) is 18.1 Å². The van der Waals surface area contributed by atoms with Crippen LogP contribution in [0.25, 0.3) is 0 Å². The van der Waals surface area contributed by atoms with E-state index in [1.807, 2.05) is 0 Å². The first-order valence-corrected chi connectivity index (χ1v) is 4.40. The molecule has 16 heavy (non-hydrogen) atoms. The van der Waals surface area contributed by atoms with Gasteiger partial charge in [-0.3, -0.25) is 4.79 Å². The molecule has 0 radical (unpaired) electrons. The van der Waals surface area contributed by atoms with Gasteiger partial charge >= 0.3 is 29.6 Å². The third kappa shape index (κ3) is 2.55. The van der Waals surface area contributed by atoms with Crippen LogP contribution in [0.2, 0.25) is 0 Å². The van der Waals surface area contributed by atoms with Gasteiger partial charge in [0.25, 0.3) is 5.91 Å². The molecule has 1 aromatic carbocycles. The molecule has 2 rings (SSSR count). The Labute approximate surface area is 114 Å². The van der Waals surface area contributed by atoms with Crippen LogP contribution in [0.1, 0.15) is 0 Å². The molecule has 78 valence electrons. The number of aliphatic carboxylic acids is 1. The van der Waals surface area contributed by atoms with E-state index in [0.29, 0.717) is 11.4 Å². The second-order valence-corrected chi connectivity index (χ2v) is 3.11. The van der Waals surface area contributed by atoms with Crippen LogP contribution in [0.3, 0.4) is 0 Å². The molecule has 0 fully saturated rings. The van der Waals surface area contributed by atoms with E-state index < -0.39 is 12.5 Å². The number of hydrogen-bond acceptors (Lipinski definition) is 4. The van der Waals surface area contributed by atoms with Gasteiger partial charge in [0.15, 0.2) is 6.61 Å². The minimum atomic E-state index is -1.29. The van der Waals surface area contributed by atoms with E-state index in [2.05, 4.69) is 0 Å². The van der Waals surface area contributed by atoms with Crippen LogP contribution in [0, 0.1) is 0 Å². The van der Waals surface area contributed by atoms with Gasteiger partial charge in [0, 0.05) is 0 Å². The number of carboxylic acid groups (broad SMARTS) is 1. The van der Waals surface area contributed by atoms with Crippen molar-refractivity contribution in [2.24, 2.45) is 0 Å². The molecule has 0 bridgehead atoms. The molecule has 0 unspecified atom stereocenters. The predicted octanol–water partition coefficient (Wildman–Crippen LogP) is -3.83. The number of amides is 1. The molecule has 0 aliphatic carbocycles. The summed E-state index contributed by atoms with van der Waals surface area (Å²) in [5.74, 6) is -1.16. The number of carbonyl (C=O) groups is 2. The Kier molecular flexibility index (Phi) is 4.35. The Balaban J connectivity index is 0.00000128. The average molecular weight is 229 g/mol. The summed E-state index contributed by atoms with van der Waals surface area (Å²) in [5.41, 5.74) is 0.470. The number of para-hydroxylation sites is 2. The zero-order valence-corrected chi connectivity index (χ0v) is 10.8. The van der Waals surface area contributed by atoms with Crippen LogP contribution in [0.5, 0.6) is 5.75 Å². The fraction of sp³-hybridized carbons (Fsp3) is 0.200. The largest absolute Gasteiger partial charge is 1.00 e. The summed E-state index contributed by atoms with van der Waals surface area (Å²) in [5, 5.41) is 10.5. The van der Waals surface area contributed by atoms with Crippen LogP contribution < -0.4 is 44.3 Å². The van der Waals surface area contributed by atoms with Gasteiger partial charge in [-0.2, -0.15) is 0 Å². The average Bonchev–Trinajstić information content (AvgIpc) is 2.22. The van der Waals surface area contributed by atoms with E-state index in [-0.39, 0.29) is 42.1 Å². The number of carbonyl (C=O) groups excluding carboxylic acids is 2. The Morgan fingerprint density at radius 1 is 1.44 bits per heavy atom. The molecule has 0 saturated carbocycles. The second-order valence-electron chi connectivity index (χ2n) is 3.11. The van der Waals surface area contributed by atoms with Crippen molar-refractivity contribution in [3.05, 3.63) is 24.3 Å². The predicted molar refractivity (Wildman–Crippen MR) is 49.3 cm³/mol. The molecule has 1 aliphatic heterocycles. The van der Waals surface area contributed by atoms with Crippen molar-refractivity contribution in [2.45, 2.75) is 0 Å². The summed E-state index contributed by atoms with van der Waals surface area (Å²) in [6.45, 7) is -0.580. The topological polar surface area (TPSA) is 69.7 Å². The van der Waals surface area contributed by atoms with Gasteiger partial charge in [0.1, 0.15) is 5.75 Å². The Morgan fingerprint density at radius 3 is 2.81 bits per heavy atom. The number of benzene rings is 1. The summed E-state index contributed by atoms with van der Waals surface area (Å²) in [4.78, 5) is 23.0. The zero-order valence-electron chi connectivity index (χ0n) is 8.80. The second kappa shape index (κ2) is 5.34. The van der Waals surface area contributed by atoms with E-state index >= 15 is 0 Å². The summed E-state index contributed by atoms with van der Waals surface area (Å²) >= 11 is 0. The van der Waals surface area contributed by atoms with Gasteiger partial charge in [-0.15, -0.1) is 0 Å². The smallest absolute Gasteiger partial charge is 0.548 e. The number of ether oxygens (including phenoxy) is 1. The van der Waals surface area contributed by atoms with Gasteiger partial charge < -0.3 is 19.5 Å². The summed E-state index contributed by atoms with van der Waals surface area (Å²) in [7, 11) is 0. The SMILES string of the molecule is O=C([O-])CN1C(=O)COc2ccccc21.[Na+]. The van der Waals surface area contributed by atoms with Gasteiger partial charge in [0.05, 0.1) is 18.2 Å². The number of hydrogen-bond donors (Lipinski definition) is 0. The zero-order chi connectivity index (χ0) is 10.8. The van der Waals surface area contributed by atoms with Crippen molar-refractivity contribution >= 4 is 17.6 Å². The van der Waals surface area contributed by atoms with Crippen LogP contribution in [-0.4, -0.2) is 25.0 Å². The maximum Gasteiger partial charge on any atom is 1.00 e. The van der Waals surface area contributed by atoms with Gasteiger partial charge in [-0.05, 0) is 12.1 Å². The molecule has 1 heterocycles. The number of anilines is 1. The van der Waals surface area contributed by atoms with Gasteiger partial charge in [-0.25, -0.2) is 0 Å². The van der Waals surface area contributed by atoms with Gasteiger partial charge in [0.2, 0.25) is 0 Å². The minimum absolute atomic E-state index is 0. The number of nitrogens with zero attached hydrogens (tertiary/aromatic N) is 1. The van der Waals surface area contributed by atoms with Crippen LogP contribution in [-0.2, 0) is 9.59 Å². The maximum atomic E-state index is 11.4. The van der Waals surface area contributed by atoms with E-state index in [9.17, 15) is 14.7 Å². The quantitative estimate of drug-likeness (QED) is 0.487. The van der Waals surface area contributed by atoms with Crippen molar-refractivity contribution < 1.29 is 49.0 Å². The molecule has 1 amide bonds. The third-order valence-corrected chi connectivity index (χ3v) is 2.10. The fourth-order valence-corrected chi connectivity index (χ4v) is 1.46. The number of fused-ring (bicyclic) bond motifs is 1. The van der Waals surface area contributed by atoms with E-state index in [1.165, 1.54) is 0 Å². The maximum absolute atomic E-state index is 11.4. The van der Waals surface area contributed by atoms with Crippen LogP contribution >= 0.6 is 0 Å². The molecule has 1 aromatic rings. The van der Waals surface area contributed by atoms with E-state index in [4.69, 9.17) is 4.74 Å². The van der Waals surface area contributed by atoms with Crippen LogP contribution in [0.15, 0.2) is 24.3 Å². The van der Waals surface area contributed by atoms with Crippen molar-refractivity contribution in [3.8, 4) is 5.75 Å². The minimum Gasteiger partial charge on any atom is -0.548 e. The monoisotopic (exact) mass is 229 g/mol. The molecule has 0 atom stereocenters. The summed E-state index contributed by atoms with van der Waals surface area (Å²) < 4.78 is 5.14. The molecule has 5 nitrogen and oxygen atoms in total. The van der Waals surface area contributed by atoms with Crippen molar-refractivity contribution in [1.29, 1.82) is 0 Å². The molecule has 0 N–H and O–H groups in total. The first kappa shape index (κ1) is 13.0. The Hall–Kier alpha value is -1.04. The summed E-state index contributed by atoms with van der Waals surface area (Å²) in [6, 6.07) is 6.79. The molecule has 6 heteroatoms. The first-order valence-electron chi connectivity index (χ1n) is 4.40. The van der Waals surface area contributed by atoms with E-state index in [0.717, 1.165) is 4.90 Å². The van der Waals surface area contributed by atoms with E-state index in [1.54, 1.807) is 24.3 Å². The van der Waals surface area contributed by atoms with Crippen LogP contribution in [0.4, 0.5) is 5.69 Å². The standard InChI is InChI=1S/C10H9NO4.Na/c12-9-6-15-8-4-2-1-3-7(8)11(9)5-10(13)14;/h1-4H,5-6H2,(H,13,14);/q;+1/p-1. The first-order chi connectivity index (χ1) is 7.18. The van der Waals surface area contributed by atoms with Gasteiger partial charge in [-0.1, -0.05) is 12.1 Å². The molecular formula is C10H8NNaO4. The Morgan fingerprint density at radius 2 is 2.12 bits per heavy atom. The molecule has 1 aliphatic rings. The molecule has 0 saturated heterocycles. The summed E-state index contributed by atoms with van der Waals surface area (Å²) in [6.07, 6.45) is 0. The third-order valence-electron chi connectivity index (χ3n) is 2.10. The molecular weight excluding hydrogens is 221 g/mol. The fourth-order valence-electron chi connectivity index (χ4n) is 1.46. The van der Waals surface area contributed by atoms with Crippen molar-refractivity contribution in [3.63, 3.8) is 0 Å². The number of carboxylic acids is 1. The normalized spacial score (nSPS) is 13.5. The molecule has 0 aromatic heterocycles. The molecule has 0 spiro atoms. The van der Waals surface area contributed by atoms with Crippen molar-refractivity contribution in [1.82, 2.24) is 0 Å². The Bertz CT molecular complexity index is 421. The number of rotatable bonds is 2.